The Hall–Kier alpha value is -4.44. The van der Waals surface area contributed by atoms with E-state index in [0.717, 1.165) is 18.8 Å². The molecule has 0 bridgehead atoms. The maximum Gasteiger partial charge on any atom is 0.255 e. The number of H-pyrrole nitrogens is 1. The highest BCUT2D eigenvalue weighted by atomic mass is 19.1. The first kappa shape index (κ1) is 25.6. The van der Waals surface area contributed by atoms with Crippen molar-refractivity contribution in [1.29, 1.82) is 0 Å². The zero-order valence-corrected chi connectivity index (χ0v) is 20.5. The Morgan fingerprint density at radius 2 is 1.78 bits per heavy atom. The van der Waals surface area contributed by atoms with Crippen LogP contribution in [0.4, 0.5) is 21.7 Å². The second kappa shape index (κ2) is 11.1. The lowest BCUT2D eigenvalue weighted by molar-refractivity contribution is -0.125. The molecule has 2 unspecified atom stereocenters. The number of nitrogens with one attached hydrogen (secondary N) is 3. The first-order valence-electron chi connectivity index (χ1n) is 11.9. The van der Waals surface area contributed by atoms with E-state index in [4.69, 9.17) is 5.73 Å². The molecule has 3 aromatic carbocycles. The third kappa shape index (κ3) is 5.70. The first-order chi connectivity index (χ1) is 17.8. The third-order valence-electron chi connectivity index (χ3n) is 6.14. The second-order valence-corrected chi connectivity index (χ2v) is 8.48. The van der Waals surface area contributed by atoms with Crippen molar-refractivity contribution in [3.05, 3.63) is 83.7 Å². The second-order valence-electron chi connectivity index (χ2n) is 8.48. The van der Waals surface area contributed by atoms with Gasteiger partial charge in [0, 0.05) is 35.6 Å². The number of nitrogens with zero attached hydrogens (tertiary/aromatic N) is 2. The van der Waals surface area contributed by atoms with Gasteiger partial charge in [0.1, 0.15) is 5.82 Å². The summed E-state index contributed by atoms with van der Waals surface area (Å²) in [5.41, 5.74) is 8.49. The lowest BCUT2D eigenvalue weighted by atomic mass is 9.99. The summed E-state index contributed by atoms with van der Waals surface area (Å²) in [5.74, 6) is -1.81. The van der Waals surface area contributed by atoms with Crippen LogP contribution in [-0.2, 0) is 4.79 Å². The number of halogens is 1. The standard InChI is InChI=1S/C27H29FN6O3/c1-3-34(4-2)18-12-9-16(10-13-18)25(36)33-23(19-7-5-6-8-20(19)28)24(35)26(37)30-17-11-14-21-22(15-17)32-27(29)31-21/h5-15,23-24,35H,3-4H2,1-2H3,(H,30,37)(H,33,36)(H3,29,31,32). The fraction of sp³-hybridized carbons (Fsp3) is 0.222. The largest absolute Gasteiger partial charge is 0.381 e. The fourth-order valence-corrected chi connectivity index (χ4v) is 4.17. The number of hydrogen-bond acceptors (Lipinski definition) is 6. The minimum atomic E-state index is -1.79. The monoisotopic (exact) mass is 504 g/mol. The van der Waals surface area contributed by atoms with E-state index >= 15 is 0 Å². The molecule has 0 aliphatic carbocycles. The van der Waals surface area contributed by atoms with Crippen LogP contribution in [0.1, 0.15) is 35.8 Å². The summed E-state index contributed by atoms with van der Waals surface area (Å²) in [6.45, 7) is 5.72. The number of aliphatic hydroxyl groups excluding tert-OH is 1. The van der Waals surface area contributed by atoms with Crippen molar-refractivity contribution in [2.24, 2.45) is 0 Å². The van der Waals surface area contributed by atoms with Crippen molar-refractivity contribution in [3.8, 4) is 0 Å². The number of rotatable bonds is 9. The van der Waals surface area contributed by atoms with E-state index in [1.54, 1.807) is 36.4 Å². The van der Waals surface area contributed by atoms with Gasteiger partial charge in [-0.3, -0.25) is 9.59 Å². The smallest absolute Gasteiger partial charge is 0.255 e. The number of aliphatic hydroxyl groups is 1. The number of nitrogens with two attached hydrogens (primary N) is 1. The first-order valence-corrected chi connectivity index (χ1v) is 11.9. The van der Waals surface area contributed by atoms with Gasteiger partial charge in [-0.05, 0) is 62.4 Å². The maximum atomic E-state index is 14.7. The van der Waals surface area contributed by atoms with E-state index in [1.807, 2.05) is 26.0 Å². The number of anilines is 3. The Kier molecular flexibility index (Phi) is 7.69. The Balaban J connectivity index is 1.56. The molecule has 9 nitrogen and oxygen atoms in total. The molecule has 0 saturated heterocycles. The molecular weight excluding hydrogens is 475 g/mol. The van der Waals surface area contributed by atoms with E-state index in [2.05, 4.69) is 25.5 Å². The van der Waals surface area contributed by atoms with Gasteiger partial charge in [-0.15, -0.1) is 0 Å². The lowest BCUT2D eigenvalue weighted by Crippen LogP contribution is -2.43. The molecule has 4 aromatic rings. The van der Waals surface area contributed by atoms with Gasteiger partial charge < -0.3 is 31.4 Å². The summed E-state index contributed by atoms with van der Waals surface area (Å²) < 4.78 is 14.7. The Morgan fingerprint density at radius 3 is 2.46 bits per heavy atom. The van der Waals surface area contributed by atoms with E-state index in [0.29, 0.717) is 22.3 Å². The number of fused-ring (bicyclic) bond motifs is 1. The van der Waals surface area contributed by atoms with Crippen LogP contribution >= 0.6 is 0 Å². The summed E-state index contributed by atoms with van der Waals surface area (Å²) in [5, 5.41) is 16.2. The predicted octanol–water partition coefficient (Wildman–Crippen LogP) is 3.60. The SMILES string of the molecule is CCN(CC)c1ccc(C(=O)NC(c2ccccc2F)C(O)C(=O)Nc2ccc3nc(N)[nH]c3c2)cc1. The van der Waals surface area contributed by atoms with Crippen molar-refractivity contribution >= 4 is 40.2 Å². The van der Waals surface area contributed by atoms with Crippen LogP contribution in [0, 0.1) is 5.82 Å². The molecule has 0 aliphatic heterocycles. The summed E-state index contributed by atoms with van der Waals surface area (Å²) in [6.07, 6.45) is -1.79. The highest BCUT2D eigenvalue weighted by molar-refractivity contribution is 5.98. The van der Waals surface area contributed by atoms with Crippen molar-refractivity contribution < 1.29 is 19.1 Å². The molecule has 2 amide bonds. The molecule has 1 aromatic heterocycles. The molecule has 0 spiro atoms. The Bertz CT molecular complexity index is 1400. The average Bonchev–Trinajstić information content (AvgIpc) is 3.27. The van der Waals surface area contributed by atoms with Crippen LogP contribution in [0.15, 0.2) is 66.7 Å². The van der Waals surface area contributed by atoms with E-state index in [1.165, 1.54) is 18.2 Å². The highest BCUT2D eigenvalue weighted by Crippen LogP contribution is 2.24. The predicted molar refractivity (Wildman–Crippen MR) is 142 cm³/mol. The fourth-order valence-electron chi connectivity index (χ4n) is 4.17. The van der Waals surface area contributed by atoms with Crippen molar-refractivity contribution in [2.75, 3.05) is 29.0 Å². The molecule has 6 N–H and O–H groups in total. The van der Waals surface area contributed by atoms with Crippen LogP contribution in [0.3, 0.4) is 0 Å². The van der Waals surface area contributed by atoms with Crippen LogP contribution in [0.5, 0.6) is 0 Å². The molecule has 0 fully saturated rings. The van der Waals surface area contributed by atoms with Crippen LogP contribution in [0.25, 0.3) is 11.0 Å². The minimum absolute atomic E-state index is 0.0185. The van der Waals surface area contributed by atoms with Crippen LogP contribution in [-0.4, -0.2) is 46.1 Å². The molecule has 192 valence electrons. The zero-order chi connectivity index (χ0) is 26.5. The van der Waals surface area contributed by atoms with Crippen molar-refractivity contribution in [2.45, 2.75) is 26.0 Å². The van der Waals surface area contributed by atoms with Crippen molar-refractivity contribution in [3.63, 3.8) is 0 Å². The summed E-state index contributed by atoms with van der Waals surface area (Å²) in [4.78, 5) is 35.2. The third-order valence-corrected chi connectivity index (χ3v) is 6.14. The summed E-state index contributed by atoms with van der Waals surface area (Å²) >= 11 is 0. The Labute approximate surface area is 213 Å². The number of aromatic nitrogens is 2. The van der Waals surface area contributed by atoms with Gasteiger partial charge in [0.15, 0.2) is 12.1 Å². The lowest BCUT2D eigenvalue weighted by Gasteiger charge is -2.25. The van der Waals surface area contributed by atoms with Gasteiger partial charge in [-0.25, -0.2) is 9.37 Å². The van der Waals surface area contributed by atoms with Crippen molar-refractivity contribution in [1.82, 2.24) is 15.3 Å². The highest BCUT2D eigenvalue weighted by Gasteiger charge is 2.31. The van der Waals surface area contributed by atoms with E-state index in [9.17, 15) is 19.1 Å². The number of carbonyl (C=O) groups is 2. The van der Waals surface area contributed by atoms with Crippen LogP contribution in [0.2, 0.25) is 0 Å². The van der Waals surface area contributed by atoms with E-state index in [-0.39, 0.29) is 11.5 Å². The molecule has 10 heteroatoms. The van der Waals surface area contributed by atoms with Gasteiger partial charge in [-0.1, -0.05) is 18.2 Å². The number of hydrogen-bond donors (Lipinski definition) is 5. The molecule has 37 heavy (non-hydrogen) atoms. The number of nitrogen functional groups attached to an aromatic ring is 1. The molecule has 0 saturated carbocycles. The van der Waals surface area contributed by atoms with Crippen LogP contribution < -0.4 is 21.3 Å². The normalized spacial score (nSPS) is 12.6. The number of aromatic amines is 1. The summed E-state index contributed by atoms with van der Waals surface area (Å²) in [6, 6.07) is 16.1. The minimum Gasteiger partial charge on any atom is -0.381 e. The topological polar surface area (TPSA) is 136 Å². The zero-order valence-electron chi connectivity index (χ0n) is 20.5. The molecule has 1 heterocycles. The molecule has 4 rings (SSSR count). The number of amides is 2. The quantitative estimate of drug-likeness (QED) is 0.236. The Morgan fingerprint density at radius 1 is 1.08 bits per heavy atom. The maximum absolute atomic E-state index is 14.7. The van der Waals surface area contributed by atoms with Gasteiger partial charge in [0.2, 0.25) is 0 Å². The molecule has 0 aliphatic rings. The van der Waals surface area contributed by atoms with Gasteiger partial charge in [0.05, 0.1) is 17.1 Å². The molecule has 2 atom stereocenters. The van der Waals surface area contributed by atoms with Gasteiger partial charge in [-0.2, -0.15) is 0 Å². The molecule has 0 radical (unpaired) electrons. The van der Waals surface area contributed by atoms with E-state index < -0.39 is 29.8 Å². The number of carbonyl (C=O) groups excluding carboxylic acids is 2. The summed E-state index contributed by atoms with van der Waals surface area (Å²) in [7, 11) is 0. The number of benzene rings is 3. The average molecular weight is 505 g/mol. The number of imidazole rings is 1. The van der Waals surface area contributed by atoms with Gasteiger partial charge in [0.25, 0.3) is 11.8 Å². The van der Waals surface area contributed by atoms with Gasteiger partial charge >= 0.3 is 0 Å². The molecular formula is C27H29FN6O3.